The third-order valence-electron chi connectivity index (χ3n) is 4.53. The lowest BCUT2D eigenvalue weighted by atomic mass is 9.80. The molecular weight excluding hydrogens is 282 g/mol. The Labute approximate surface area is 131 Å². The molecule has 22 heavy (non-hydrogen) atoms. The minimum Gasteiger partial charge on any atom is -0.478 e. The molecule has 2 unspecified atom stereocenters. The summed E-state index contributed by atoms with van der Waals surface area (Å²) in [6.07, 6.45) is 5.31. The summed E-state index contributed by atoms with van der Waals surface area (Å²) < 4.78 is 5.43. The zero-order chi connectivity index (χ0) is 16.3. The van der Waals surface area contributed by atoms with E-state index < -0.39 is 5.97 Å². The molecule has 0 bridgehead atoms. The van der Waals surface area contributed by atoms with Gasteiger partial charge in [-0.05, 0) is 37.7 Å². The molecule has 1 heterocycles. The third-order valence-corrected chi connectivity index (χ3v) is 4.53. The largest absolute Gasteiger partial charge is 0.478 e. The fourth-order valence-corrected chi connectivity index (χ4v) is 3.30. The molecule has 2 rings (SSSR count). The van der Waals surface area contributed by atoms with Crippen molar-refractivity contribution in [1.82, 2.24) is 4.90 Å². The van der Waals surface area contributed by atoms with Crippen LogP contribution < -0.4 is 0 Å². The molecule has 1 amide bonds. The number of carbonyl (C=O) groups excluding carboxylic acids is 1. The van der Waals surface area contributed by atoms with Crippen LogP contribution in [0.1, 0.15) is 60.9 Å². The summed E-state index contributed by atoms with van der Waals surface area (Å²) in [4.78, 5) is 25.0. The van der Waals surface area contributed by atoms with Gasteiger partial charge in [0.1, 0.15) is 17.1 Å². The Morgan fingerprint density at radius 3 is 2.73 bits per heavy atom. The highest BCUT2D eigenvalue weighted by molar-refractivity contribution is 5.88. The lowest BCUT2D eigenvalue weighted by Crippen LogP contribution is -2.29. The number of hydrogen-bond acceptors (Lipinski definition) is 3. The normalized spacial score (nSPS) is 21.6. The van der Waals surface area contributed by atoms with Gasteiger partial charge in [-0.3, -0.25) is 4.79 Å². The molecule has 1 aliphatic rings. The van der Waals surface area contributed by atoms with Crippen LogP contribution in [0.25, 0.3) is 0 Å². The van der Waals surface area contributed by atoms with Gasteiger partial charge in [0.15, 0.2) is 0 Å². The van der Waals surface area contributed by atoms with Gasteiger partial charge in [0.05, 0.1) is 6.54 Å². The van der Waals surface area contributed by atoms with E-state index >= 15 is 0 Å². The zero-order valence-electron chi connectivity index (χ0n) is 13.6. The highest BCUT2D eigenvalue weighted by Gasteiger charge is 2.23. The van der Waals surface area contributed by atoms with Crippen LogP contribution in [0.2, 0.25) is 0 Å². The van der Waals surface area contributed by atoms with Gasteiger partial charge in [0, 0.05) is 13.5 Å². The first-order chi connectivity index (χ1) is 10.4. The Balaban J connectivity index is 1.91. The number of carbonyl (C=O) groups is 2. The lowest BCUT2D eigenvalue weighted by molar-refractivity contribution is -0.132. The van der Waals surface area contributed by atoms with Gasteiger partial charge in [-0.25, -0.2) is 4.79 Å². The smallest absolute Gasteiger partial charge is 0.339 e. The minimum absolute atomic E-state index is 0.102. The molecule has 0 spiro atoms. The number of carboxylic acids is 1. The second-order valence-corrected chi connectivity index (χ2v) is 6.58. The van der Waals surface area contributed by atoms with Gasteiger partial charge in [-0.2, -0.15) is 0 Å². The van der Waals surface area contributed by atoms with Crippen LogP contribution in [-0.4, -0.2) is 28.9 Å². The van der Waals surface area contributed by atoms with Crippen LogP contribution in [-0.2, 0) is 11.3 Å². The number of aryl methyl sites for hydroxylation is 1. The van der Waals surface area contributed by atoms with Gasteiger partial charge in [0.25, 0.3) is 0 Å². The third kappa shape index (κ3) is 4.12. The molecule has 0 aliphatic heterocycles. The summed E-state index contributed by atoms with van der Waals surface area (Å²) in [5, 5.41) is 9.02. The van der Waals surface area contributed by atoms with Crippen molar-refractivity contribution in [3.63, 3.8) is 0 Å². The van der Waals surface area contributed by atoms with E-state index in [2.05, 4.69) is 6.92 Å². The predicted molar refractivity (Wildman–Crippen MR) is 82.6 cm³/mol. The van der Waals surface area contributed by atoms with Crippen molar-refractivity contribution in [1.29, 1.82) is 0 Å². The van der Waals surface area contributed by atoms with Crippen LogP contribution in [0.5, 0.6) is 0 Å². The van der Waals surface area contributed by atoms with Crippen molar-refractivity contribution in [2.45, 2.75) is 52.5 Å². The Morgan fingerprint density at radius 2 is 2.14 bits per heavy atom. The van der Waals surface area contributed by atoms with E-state index in [1.807, 2.05) is 0 Å². The van der Waals surface area contributed by atoms with E-state index in [-0.39, 0.29) is 11.5 Å². The van der Waals surface area contributed by atoms with Gasteiger partial charge in [-0.1, -0.05) is 19.8 Å². The highest BCUT2D eigenvalue weighted by atomic mass is 16.4. The maximum Gasteiger partial charge on any atom is 0.339 e. The zero-order valence-corrected chi connectivity index (χ0v) is 13.6. The number of furan rings is 1. The standard InChI is InChI=1S/C17H25NO4/c1-11-5-4-6-13(7-11)8-16(19)18(3)10-14-9-15(17(20)21)12(2)22-14/h9,11,13H,4-8,10H2,1-3H3,(H,20,21). The van der Waals surface area contributed by atoms with Crippen molar-refractivity contribution in [3.8, 4) is 0 Å². The molecule has 1 aromatic rings. The quantitative estimate of drug-likeness (QED) is 0.904. The molecule has 1 saturated carbocycles. The average Bonchev–Trinajstić information content (AvgIpc) is 2.79. The SMILES string of the molecule is Cc1oc(CN(C)C(=O)CC2CCCC(C)C2)cc1C(=O)O. The van der Waals surface area contributed by atoms with E-state index in [4.69, 9.17) is 9.52 Å². The average molecular weight is 307 g/mol. The summed E-state index contributed by atoms with van der Waals surface area (Å²) in [6.45, 7) is 4.19. The molecule has 5 heteroatoms. The summed E-state index contributed by atoms with van der Waals surface area (Å²) in [7, 11) is 1.74. The van der Waals surface area contributed by atoms with Crippen molar-refractivity contribution in [3.05, 3.63) is 23.2 Å². The summed E-state index contributed by atoms with van der Waals surface area (Å²) in [5.74, 6) is 1.18. The van der Waals surface area contributed by atoms with Gasteiger partial charge < -0.3 is 14.4 Å². The van der Waals surface area contributed by atoms with Crippen molar-refractivity contribution >= 4 is 11.9 Å². The Bertz CT molecular complexity index is 549. The molecule has 122 valence electrons. The number of hydrogen-bond donors (Lipinski definition) is 1. The molecule has 1 fully saturated rings. The molecular formula is C17H25NO4. The Hall–Kier alpha value is -1.78. The van der Waals surface area contributed by atoms with Crippen molar-refractivity contribution in [2.75, 3.05) is 7.05 Å². The predicted octanol–water partition coefficient (Wildman–Crippen LogP) is 3.46. The van der Waals surface area contributed by atoms with E-state index in [1.54, 1.807) is 18.9 Å². The first kappa shape index (κ1) is 16.6. The maximum absolute atomic E-state index is 12.3. The molecule has 0 radical (unpaired) electrons. The minimum atomic E-state index is -1.00. The fourth-order valence-electron chi connectivity index (χ4n) is 3.30. The highest BCUT2D eigenvalue weighted by Crippen LogP contribution is 2.31. The Morgan fingerprint density at radius 1 is 1.41 bits per heavy atom. The first-order valence-corrected chi connectivity index (χ1v) is 7.93. The molecule has 1 aliphatic carbocycles. The van der Waals surface area contributed by atoms with Gasteiger partial charge in [0.2, 0.25) is 5.91 Å². The second-order valence-electron chi connectivity index (χ2n) is 6.58. The first-order valence-electron chi connectivity index (χ1n) is 7.93. The van der Waals surface area contributed by atoms with Crippen LogP contribution in [0.15, 0.2) is 10.5 Å². The molecule has 1 aromatic heterocycles. The van der Waals surface area contributed by atoms with Crippen LogP contribution >= 0.6 is 0 Å². The maximum atomic E-state index is 12.3. The number of carboxylic acid groups (broad SMARTS) is 1. The van der Waals surface area contributed by atoms with Crippen LogP contribution in [0, 0.1) is 18.8 Å². The van der Waals surface area contributed by atoms with Gasteiger partial charge >= 0.3 is 5.97 Å². The topological polar surface area (TPSA) is 70.8 Å². The summed E-state index contributed by atoms with van der Waals surface area (Å²) >= 11 is 0. The number of amides is 1. The Kier molecular flexibility index (Phi) is 5.27. The summed E-state index contributed by atoms with van der Waals surface area (Å²) in [5.41, 5.74) is 0.164. The monoisotopic (exact) mass is 307 g/mol. The molecule has 1 N–H and O–H groups in total. The molecule has 2 atom stereocenters. The van der Waals surface area contributed by atoms with Gasteiger partial charge in [-0.15, -0.1) is 0 Å². The molecule has 5 nitrogen and oxygen atoms in total. The van der Waals surface area contributed by atoms with Crippen molar-refractivity contribution in [2.24, 2.45) is 11.8 Å². The fraction of sp³-hybridized carbons (Fsp3) is 0.647. The molecule has 0 aromatic carbocycles. The number of aromatic carboxylic acids is 1. The van der Waals surface area contributed by atoms with Crippen LogP contribution in [0.4, 0.5) is 0 Å². The van der Waals surface area contributed by atoms with Crippen LogP contribution in [0.3, 0.4) is 0 Å². The second kappa shape index (κ2) is 6.99. The van der Waals surface area contributed by atoms with E-state index in [1.165, 1.54) is 18.9 Å². The summed E-state index contributed by atoms with van der Waals surface area (Å²) in [6, 6.07) is 1.50. The molecule has 0 saturated heterocycles. The lowest BCUT2D eigenvalue weighted by Gasteiger charge is -2.27. The van der Waals surface area contributed by atoms with Crippen molar-refractivity contribution < 1.29 is 19.1 Å². The number of nitrogens with zero attached hydrogens (tertiary/aromatic N) is 1. The van der Waals surface area contributed by atoms with E-state index in [9.17, 15) is 9.59 Å². The van der Waals surface area contributed by atoms with E-state index in [0.717, 1.165) is 12.8 Å². The van der Waals surface area contributed by atoms with E-state index in [0.29, 0.717) is 36.3 Å². The number of rotatable bonds is 5.